The maximum Gasteiger partial charge on any atom is 0.170 e. The van der Waals surface area contributed by atoms with Gasteiger partial charge in [0.25, 0.3) is 0 Å². The van der Waals surface area contributed by atoms with E-state index in [4.69, 9.17) is 4.74 Å². The van der Waals surface area contributed by atoms with Crippen LogP contribution in [0.4, 0.5) is 8.78 Å². The fraction of sp³-hybridized carbons (Fsp3) is 0.231. The van der Waals surface area contributed by atoms with E-state index in [1.54, 1.807) is 14.0 Å². The zero-order valence-corrected chi connectivity index (χ0v) is 10.7. The summed E-state index contributed by atoms with van der Waals surface area (Å²) < 4.78 is 33.9. The second kappa shape index (κ2) is 4.79. The Hall–Kier alpha value is -2.24. The highest BCUT2D eigenvalue weighted by molar-refractivity contribution is 5.84. The summed E-state index contributed by atoms with van der Waals surface area (Å²) >= 11 is 0. The molecule has 1 heterocycles. The number of nitrogens with zero attached hydrogens (tertiary/aromatic N) is 2. The summed E-state index contributed by atoms with van der Waals surface area (Å²) in [6, 6.07) is 1.94. The molecule has 100 valence electrons. The van der Waals surface area contributed by atoms with Gasteiger partial charge in [-0.2, -0.15) is 0 Å². The molecule has 0 saturated heterocycles. The normalized spacial score (nSPS) is 10.6. The third kappa shape index (κ3) is 2.09. The van der Waals surface area contributed by atoms with Crippen molar-refractivity contribution in [3.8, 4) is 17.0 Å². The quantitative estimate of drug-likeness (QED) is 0.802. The van der Waals surface area contributed by atoms with E-state index in [0.29, 0.717) is 12.1 Å². The van der Waals surface area contributed by atoms with E-state index in [9.17, 15) is 13.6 Å². The third-order valence-corrected chi connectivity index (χ3v) is 2.95. The van der Waals surface area contributed by atoms with E-state index < -0.39 is 11.6 Å². The molecule has 0 spiro atoms. The molecule has 0 saturated carbocycles. The Kier molecular flexibility index (Phi) is 3.33. The Morgan fingerprint density at radius 1 is 1.32 bits per heavy atom. The second-order valence-corrected chi connectivity index (χ2v) is 4.04. The summed E-state index contributed by atoms with van der Waals surface area (Å²) in [5.41, 5.74) is 0.290. The summed E-state index contributed by atoms with van der Waals surface area (Å²) in [6.07, 6.45) is 0.518. The lowest BCUT2D eigenvalue weighted by Crippen LogP contribution is -1.99. The molecule has 0 aliphatic rings. The van der Waals surface area contributed by atoms with Crippen LogP contribution in [-0.2, 0) is 7.05 Å². The van der Waals surface area contributed by atoms with Crippen molar-refractivity contribution in [3.63, 3.8) is 0 Å². The van der Waals surface area contributed by atoms with Crippen LogP contribution in [0.5, 0.6) is 5.75 Å². The van der Waals surface area contributed by atoms with Crippen molar-refractivity contribution in [1.82, 2.24) is 9.55 Å². The largest absolute Gasteiger partial charge is 0.494 e. The van der Waals surface area contributed by atoms with Crippen molar-refractivity contribution in [1.29, 1.82) is 0 Å². The predicted molar refractivity (Wildman–Crippen MR) is 65.2 cm³/mol. The van der Waals surface area contributed by atoms with Crippen LogP contribution in [0.1, 0.15) is 16.3 Å². The fourth-order valence-electron chi connectivity index (χ4n) is 1.90. The summed E-state index contributed by atoms with van der Waals surface area (Å²) in [7, 11) is 2.88. The average Bonchev–Trinajstić information content (AvgIpc) is 2.67. The lowest BCUT2D eigenvalue weighted by Gasteiger charge is -2.09. The van der Waals surface area contributed by atoms with Crippen LogP contribution in [-0.4, -0.2) is 22.9 Å². The number of carbonyl (C=O) groups is 1. The van der Waals surface area contributed by atoms with Gasteiger partial charge < -0.3 is 9.30 Å². The smallest absolute Gasteiger partial charge is 0.170 e. The maximum atomic E-state index is 14.0. The molecule has 0 aliphatic heterocycles. The van der Waals surface area contributed by atoms with Gasteiger partial charge in [-0.3, -0.25) is 4.79 Å². The molecular formula is C13H12F2N2O2. The van der Waals surface area contributed by atoms with Crippen LogP contribution in [0, 0.1) is 18.6 Å². The van der Waals surface area contributed by atoms with E-state index >= 15 is 0 Å². The lowest BCUT2D eigenvalue weighted by atomic mass is 10.1. The van der Waals surface area contributed by atoms with Gasteiger partial charge in [0.15, 0.2) is 17.9 Å². The molecule has 1 aromatic carbocycles. The van der Waals surface area contributed by atoms with Crippen LogP contribution in [0.15, 0.2) is 12.1 Å². The van der Waals surface area contributed by atoms with Crippen molar-refractivity contribution < 1.29 is 18.3 Å². The van der Waals surface area contributed by atoms with Gasteiger partial charge in [-0.1, -0.05) is 0 Å². The van der Waals surface area contributed by atoms with Crippen molar-refractivity contribution >= 4 is 6.29 Å². The lowest BCUT2D eigenvalue weighted by molar-refractivity contribution is 0.112. The Morgan fingerprint density at radius 3 is 2.58 bits per heavy atom. The number of ether oxygens (including phenoxy) is 1. The summed E-state index contributed by atoms with van der Waals surface area (Å²) in [5, 5.41) is 0. The first-order valence-electron chi connectivity index (χ1n) is 5.51. The molecule has 0 radical (unpaired) electrons. The monoisotopic (exact) mass is 266 g/mol. The van der Waals surface area contributed by atoms with Gasteiger partial charge in [-0.25, -0.2) is 13.8 Å². The Morgan fingerprint density at radius 2 is 2.00 bits per heavy atom. The molecule has 0 N–H and O–H groups in total. The molecule has 4 nitrogen and oxygen atoms in total. The van der Waals surface area contributed by atoms with Crippen LogP contribution in [0.3, 0.4) is 0 Å². The molecule has 2 aromatic rings. The molecule has 0 atom stereocenters. The number of aromatic nitrogens is 2. The van der Waals surface area contributed by atoms with E-state index in [1.165, 1.54) is 11.7 Å². The number of imidazole rings is 1. The standard InChI is InChI=1S/C13H12F2N2O2/c1-7-16-11(6-18)13(17(7)2)8-4-10(15)12(19-3)5-9(8)14/h4-6H,1-3H3. The van der Waals surface area contributed by atoms with Gasteiger partial charge in [-0.15, -0.1) is 0 Å². The van der Waals surface area contributed by atoms with Gasteiger partial charge in [0.1, 0.15) is 17.3 Å². The number of hydrogen-bond acceptors (Lipinski definition) is 3. The van der Waals surface area contributed by atoms with Gasteiger partial charge in [0.2, 0.25) is 0 Å². The van der Waals surface area contributed by atoms with Gasteiger partial charge in [0.05, 0.1) is 12.8 Å². The predicted octanol–water partition coefficient (Wildman–Crippen LogP) is 2.49. The highest BCUT2D eigenvalue weighted by atomic mass is 19.1. The highest BCUT2D eigenvalue weighted by Gasteiger charge is 2.19. The van der Waals surface area contributed by atoms with E-state index in [0.717, 1.165) is 12.1 Å². The zero-order chi connectivity index (χ0) is 14.2. The first-order chi connectivity index (χ1) is 8.99. The number of halogens is 2. The number of aldehydes is 1. The van der Waals surface area contributed by atoms with E-state index in [1.807, 2.05) is 0 Å². The molecule has 0 aliphatic carbocycles. The Labute approximate surface area is 108 Å². The molecule has 2 rings (SSSR count). The molecule has 0 fully saturated rings. The number of carbonyl (C=O) groups excluding carboxylic acids is 1. The number of aryl methyl sites for hydroxylation is 1. The SMILES string of the molecule is COc1cc(F)c(-c2c(C=O)nc(C)n2C)cc1F. The Bertz CT molecular complexity index is 651. The minimum absolute atomic E-state index is 0.0245. The molecule has 19 heavy (non-hydrogen) atoms. The van der Waals surface area contributed by atoms with Crippen molar-refractivity contribution in [2.24, 2.45) is 7.05 Å². The molecular weight excluding hydrogens is 254 g/mol. The minimum atomic E-state index is -0.699. The van der Waals surface area contributed by atoms with Crippen molar-refractivity contribution in [2.75, 3.05) is 7.11 Å². The Balaban J connectivity index is 2.72. The molecule has 6 heteroatoms. The summed E-state index contributed by atoms with van der Waals surface area (Å²) in [5.74, 6) is -1.03. The number of hydrogen-bond donors (Lipinski definition) is 0. The first-order valence-corrected chi connectivity index (χ1v) is 5.51. The molecule has 0 bridgehead atoms. The van der Waals surface area contributed by atoms with E-state index in [-0.39, 0.29) is 22.7 Å². The number of benzene rings is 1. The first kappa shape index (κ1) is 13.2. The number of rotatable bonds is 3. The molecule has 0 unspecified atom stereocenters. The van der Waals surface area contributed by atoms with Crippen LogP contribution < -0.4 is 4.74 Å². The van der Waals surface area contributed by atoms with Gasteiger partial charge >= 0.3 is 0 Å². The zero-order valence-electron chi connectivity index (χ0n) is 10.7. The highest BCUT2D eigenvalue weighted by Crippen LogP contribution is 2.30. The minimum Gasteiger partial charge on any atom is -0.494 e. The fourth-order valence-corrected chi connectivity index (χ4v) is 1.90. The summed E-state index contributed by atoms with van der Waals surface area (Å²) in [4.78, 5) is 15.0. The van der Waals surface area contributed by atoms with Gasteiger partial charge in [-0.05, 0) is 13.0 Å². The van der Waals surface area contributed by atoms with Crippen LogP contribution in [0.25, 0.3) is 11.3 Å². The second-order valence-electron chi connectivity index (χ2n) is 4.04. The van der Waals surface area contributed by atoms with Crippen molar-refractivity contribution in [2.45, 2.75) is 6.92 Å². The third-order valence-electron chi connectivity index (χ3n) is 2.95. The van der Waals surface area contributed by atoms with Gasteiger partial charge in [0, 0.05) is 18.7 Å². The van der Waals surface area contributed by atoms with Crippen molar-refractivity contribution in [3.05, 3.63) is 35.3 Å². The molecule has 1 aromatic heterocycles. The van der Waals surface area contributed by atoms with E-state index in [2.05, 4.69) is 4.98 Å². The van der Waals surface area contributed by atoms with Crippen LogP contribution in [0.2, 0.25) is 0 Å². The van der Waals surface area contributed by atoms with Crippen LogP contribution >= 0.6 is 0 Å². The topological polar surface area (TPSA) is 44.1 Å². The maximum absolute atomic E-state index is 14.0. The average molecular weight is 266 g/mol. The number of methoxy groups -OCH3 is 1. The molecule has 0 amide bonds. The summed E-state index contributed by atoms with van der Waals surface area (Å²) in [6.45, 7) is 1.67.